The van der Waals surface area contributed by atoms with Crippen LogP contribution < -0.4 is 0 Å². The van der Waals surface area contributed by atoms with Crippen molar-refractivity contribution >= 4 is 5.91 Å². The molecule has 0 aliphatic carbocycles. The van der Waals surface area contributed by atoms with Crippen LogP contribution in [0.3, 0.4) is 0 Å². The van der Waals surface area contributed by atoms with E-state index in [4.69, 9.17) is 4.74 Å². The number of nitrogens with zero attached hydrogens (tertiary/aromatic N) is 3. The Bertz CT molecular complexity index is 479. The average Bonchev–Trinajstić information content (AvgIpc) is 3.12. The highest BCUT2D eigenvalue weighted by Crippen LogP contribution is 2.35. The molecule has 1 aromatic rings. The Hall–Kier alpha value is -1.40. The van der Waals surface area contributed by atoms with E-state index in [2.05, 4.69) is 5.10 Å². The lowest BCUT2D eigenvalue weighted by molar-refractivity contribution is -0.0590. The number of hydrogen-bond acceptors (Lipinski definition) is 4. The molecule has 1 spiro atoms. The monoisotopic (exact) mass is 265 g/mol. The molecule has 0 aromatic carbocycles. The van der Waals surface area contributed by atoms with Crippen LogP contribution >= 0.6 is 0 Å². The molecule has 2 aliphatic heterocycles. The number of ether oxygens (including phenoxy) is 1. The van der Waals surface area contributed by atoms with E-state index in [0.29, 0.717) is 25.3 Å². The van der Waals surface area contributed by atoms with Crippen molar-refractivity contribution in [3.8, 4) is 0 Å². The fourth-order valence-corrected chi connectivity index (χ4v) is 2.96. The third-order valence-electron chi connectivity index (χ3n) is 4.08. The lowest BCUT2D eigenvalue weighted by atomic mass is 9.97. The summed E-state index contributed by atoms with van der Waals surface area (Å²) in [5.74, 6) is -0.0777. The van der Waals surface area contributed by atoms with Crippen LogP contribution in [0, 0.1) is 0 Å². The molecule has 2 aliphatic rings. The fourth-order valence-electron chi connectivity index (χ4n) is 2.96. The standard InChI is InChI=1S/C13H19N3O3/c1-2-16-7-10(6-14-16)12(18)15-8-11(17)13(9-15)4-3-5-19-13/h6-7,11,17H,2-5,8-9H2,1H3/t11-,13-/m0/s1. The van der Waals surface area contributed by atoms with Crippen molar-refractivity contribution in [1.82, 2.24) is 14.7 Å². The first-order chi connectivity index (χ1) is 9.14. The number of likely N-dealkylation sites (tertiary alicyclic amines) is 1. The van der Waals surface area contributed by atoms with Gasteiger partial charge in [0.05, 0.1) is 18.3 Å². The van der Waals surface area contributed by atoms with Gasteiger partial charge in [-0.2, -0.15) is 5.10 Å². The first-order valence-electron chi connectivity index (χ1n) is 6.78. The Balaban J connectivity index is 1.75. The fraction of sp³-hybridized carbons (Fsp3) is 0.692. The lowest BCUT2D eigenvalue weighted by Gasteiger charge is -2.25. The highest BCUT2D eigenvalue weighted by atomic mass is 16.5. The molecule has 1 aromatic heterocycles. The second kappa shape index (κ2) is 4.61. The van der Waals surface area contributed by atoms with Gasteiger partial charge in [-0.15, -0.1) is 0 Å². The van der Waals surface area contributed by atoms with Crippen LogP contribution in [-0.2, 0) is 11.3 Å². The van der Waals surface area contributed by atoms with Crippen molar-refractivity contribution < 1.29 is 14.6 Å². The normalized spacial score (nSPS) is 30.4. The predicted molar refractivity (Wildman–Crippen MR) is 67.7 cm³/mol. The molecule has 1 amide bonds. The van der Waals surface area contributed by atoms with Crippen LogP contribution in [0.15, 0.2) is 12.4 Å². The number of aliphatic hydroxyl groups is 1. The molecular formula is C13H19N3O3. The molecule has 0 saturated carbocycles. The lowest BCUT2D eigenvalue weighted by Crippen LogP contribution is -2.41. The summed E-state index contributed by atoms with van der Waals surface area (Å²) < 4.78 is 7.42. The quantitative estimate of drug-likeness (QED) is 0.833. The number of aromatic nitrogens is 2. The number of carbonyl (C=O) groups excluding carboxylic acids is 1. The van der Waals surface area contributed by atoms with Crippen molar-refractivity contribution in [3.63, 3.8) is 0 Å². The Kier molecular flexibility index (Phi) is 3.06. The Morgan fingerprint density at radius 1 is 1.68 bits per heavy atom. The predicted octanol–water partition coefficient (Wildman–Crippen LogP) is 0.269. The number of β-amino-alcohol motifs (C(OH)–C–C–N with tert-alkyl or cyclic N) is 1. The zero-order valence-corrected chi connectivity index (χ0v) is 11.1. The van der Waals surface area contributed by atoms with Gasteiger partial charge in [-0.05, 0) is 19.8 Å². The van der Waals surface area contributed by atoms with Gasteiger partial charge in [0.2, 0.25) is 0 Å². The van der Waals surface area contributed by atoms with Crippen LogP contribution in [0.1, 0.15) is 30.1 Å². The SMILES string of the molecule is CCn1cc(C(=O)N2C[C@H](O)[C@]3(CCCO3)C2)cn1. The largest absolute Gasteiger partial charge is 0.388 e. The molecule has 0 radical (unpaired) electrons. The Labute approximate surface area is 112 Å². The van der Waals surface area contributed by atoms with Crippen LogP contribution in [0.5, 0.6) is 0 Å². The smallest absolute Gasteiger partial charge is 0.257 e. The average molecular weight is 265 g/mol. The molecule has 0 unspecified atom stereocenters. The molecule has 1 N–H and O–H groups in total. The van der Waals surface area contributed by atoms with E-state index >= 15 is 0 Å². The van der Waals surface area contributed by atoms with Crippen LogP contribution in [0.2, 0.25) is 0 Å². The molecular weight excluding hydrogens is 246 g/mol. The maximum absolute atomic E-state index is 12.4. The maximum atomic E-state index is 12.4. The molecule has 2 fully saturated rings. The minimum absolute atomic E-state index is 0.0777. The van der Waals surface area contributed by atoms with Crippen molar-refractivity contribution in [2.24, 2.45) is 0 Å². The first kappa shape index (κ1) is 12.6. The second-order valence-electron chi connectivity index (χ2n) is 5.30. The van der Waals surface area contributed by atoms with Crippen molar-refractivity contribution in [3.05, 3.63) is 18.0 Å². The van der Waals surface area contributed by atoms with E-state index in [1.54, 1.807) is 22.0 Å². The molecule has 3 heterocycles. The van der Waals surface area contributed by atoms with Gasteiger partial charge in [-0.1, -0.05) is 0 Å². The van der Waals surface area contributed by atoms with Crippen LogP contribution in [0.25, 0.3) is 0 Å². The molecule has 2 saturated heterocycles. The number of aryl methyl sites for hydroxylation is 1. The van der Waals surface area contributed by atoms with Gasteiger partial charge in [-0.3, -0.25) is 9.48 Å². The van der Waals surface area contributed by atoms with Gasteiger partial charge in [-0.25, -0.2) is 0 Å². The summed E-state index contributed by atoms with van der Waals surface area (Å²) in [7, 11) is 0. The summed E-state index contributed by atoms with van der Waals surface area (Å²) in [6, 6.07) is 0. The Morgan fingerprint density at radius 3 is 3.16 bits per heavy atom. The second-order valence-corrected chi connectivity index (χ2v) is 5.30. The van der Waals surface area contributed by atoms with Gasteiger partial charge >= 0.3 is 0 Å². The van der Waals surface area contributed by atoms with E-state index in [-0.39, 0.29) is 5.91 Å². The van der Waals surface area contributed by atoms with E-state index in [0.717, 1.165) is 19.4 Å². The molecule has 2 atom stereocenters. The summed E-state index contributed by atoms with van der Waals surface area (Å²) in [6.07, 6.45) is 4.52. The van der Waals surface area contributed by atoms with Crippen molar-refractivity contribution in [2.45, 2.75) is 38.0 Å². The molecule has 19 heavy (non-hydrogen) atoms. The molecule has 0 bridgehead atoms. The van der Waals surface area contributed by atoms with Crippen LogP contribution in [-0.4, -0.2) is 57.1 Å². The van der Waals surface area contributed by atoms with E-state index < -0.39 is 11.7 Å². The third-order valence-corrected chi connectivity index (χ3v) is 4.08. The number of hydrogen-bond donors (Lipinski definition) is 1. The van der Waals surface area contributed by atoms with E-state index in [1.165, 1.54) is 0 Å². The number of amides is 1. The molecule has 104 valence electrons. The van der Waals surface area contributed by atoms with Crippen LogP contribution in [0.4, 0.5) is 0 Å². The highest BCUT2D eigenvalue weighted by Gasteiger charge is 2.50. The highest BCUT2D eigenvalue weighted by molar-refractivity contribution is 5.94. The van der Waals surface area contributed by atoms with Crippen molar-refractivity contribution in [1.29, 1.82) is 0 Å². The summed E-state index contributed by atoms with van der Waals surface area (Å²) in [6.45, 7) is 4.21. The van der Waals surface area contributed by atoms with Gasteiger partial charge < -0.3 is 14.7 Å². The zero-order valence-electron chi connectivity index (χ0n) is 11.1. The van der Waals surface area contributed by atoms with E-state index in [9.17, 15) is 9.90 Å². The van der Waals surface area contributed by atoms with Gasteiger partial charge in [0.1, 0.15) is 11.7 Å². The zero-order chi connectivity index (χ0) is 13.5. The van der Waals surface area contributed by atoms with E-state index in [1.807, 2.05) is 6.92 Å². The minimum Gasteiger partial charge on any atom is -0.388 e. The van der Waals surface area contributed by atoms with Gasteiger partial charge in [0, 0.05) is 25.9 Å². The minimum atomic E-state index is -0.583. The van der Waals surface area contributed by atoms with Gasteiger partial charge in [0.15, 0.2) is 0 Å². The third kappa shape index (κ3) is 2.04. The number of aliphatic hydroxyl groups excluding tert-OH is 1. The number of carbonyl (C=O) groups is 1. The first-order valence-corrected chi connectivity index (χ1v) is 6.78. The summed E-state index contributed by atoms with van der Waals surface area (Å²) >= 11 is 0. The number of rotatable bonds is 2. The topological polar surface area (TPSA) is 67.6 Å². The molecule has 3 rings (SSSR count). The summed E-state index contributed by atoms with van der Waals surface area (Å²) in [5.41, 5.74) is 0.0419. The Morgan fingerprint density at radius 2 is 2.53 bits per heavy atom. The summed E-state index contributed by atoms with van der Waals surface area (Å²) in [4.78, 5) is 14.0. The molecule has 6 nitrogen and oxygen atoms in total. The summed E-state index contributed by atoms with van der Waals surface area (Å²) in [5, 5.41) is 14.3. The van der Waals surface area contributed by atoms with Crippen molar-refractivity contribution in [2.75, 3.05) is 19.7 Å². The van der Waals surface area contributed by atoms with Gasteiger partial charge in [0.25, 0.3) is 5.91 Å². The maximum Gasteiger partial charge on any atom is 0.257 e. The molecule has 6 heteroatoms.